The highest BCUT2D eigenvalue weighted by Gasteiger charge is 2.22. The molecular weight excluding hydrogens is 234 g/mol. The van der Waals surface area contributed by atoms with Crippen LogP contribution in [0.2, 0.25) is 0 Å². The van der Waals surface area contributed by atoms with Gasteiger partial charge in [0.15, 0.2) is 0 Å². The zero-order valence-electron chi connectivity index (χ0n) is 13.1. The molecule has 1 N–H and O–H groups in total. The molecule has 108 valence electrons. The Morgan fingerprint density at radius 2 is 1.89 bits per heavy atom. The van der Waals surface area contributed by atoms with E-state index >= 15 is 0 Å². The summed E-state index contributed by atoms with van der Waals surface area (Å²) in [5.74, 6) is 0. The molecule has 0 radical (unpaired) electrons. The van der Waals surface area contributed by atoms with Crippen molar-refractivity contribution in [1.29, 1.82) is 0 Å². The molecular formula is C17H29NO. The molecule has 0 aliphatic carbocycles. The number of benzene rings is 1. The van der Waals surface area contributed by atoms with Crippen molar-refractivity contribution in [2.45, 2.75) is 59.6 Å². The Kier molecular flexibility index (Phi) is 7.11. The molecule has 0 heterocycles. The van der Waals surface area contributed by atoms with Gasteiger partial charge < -0.3 is 10.1 Å². The molecule has 1 aromatic carbocycles. The SMILES string of the molecule is CCCNC(c1ccc(C)cc1C)C(CC)OCC. The minimum atomic E-state index is 0.248. The summed E-state index contributed by atoms with van der Waals surface area (Å²) in [6, 6.07) is 7.00. The van der Waals surface area contributed by atoms with Gasteiger partial charge in [-0.15, -0.1) is 0 Å². The molecule has 2 nitrogen and oxygen atoms in total. The third-order valence-corrected chi connectivity index (χ3v) is 3.53. The normalized spacial score (nSPS) is 14.4. The molecule has 0 fully saturated rings. The van der Waals surface area contributed by atoms with Gasteiger partial charge in [-0.05, 0) is 51.3 Å². The number of hydrogen-bond acceptors (Lipinski definition) is 2. The van der Waals surface area contributed by atoms with Gasteiger partial charge in [-0.1, -0.05) is 37.6 Å². The Bertz CT molecular complexity index is 376. The lowest BCUT2D eigenvalue weighted by Gasteiger charge is -2.29. The van der Waals surface area contributed by atoms with Gasteiger partial charge in [0, 0.05) is 6.61 Å². The molecule has 0 saturated heterocycles. The van der Waals surface area contributed by atoms with Crippen molar-refractivity contribution in [2.24, 2.45) is 0 Å². The number of aryl methyl sites for hydroxylation is 2. The first-order valence-corrected chi connectivity index (χ1v) is 7.56. The summed E-state index contributed by atoms with van der Waals surface area (Å²) < 4.78 is 5.93. The third-order valence-electron chi connectivity index (χ3n) is 3.53. The summed E-state index contributed by atoms with van der Waals surface area (Å²) in [5, 5.41) is 3.66. The van der Waals surface area contributed by atoms with Crippen molar-refractivity contribution in [3.63, 3.8) is 0 Å². The molecule has 19 heavy (non-hydrogen) atoms. The second-order valence-electron chi connectivity index (χ2n) is 5.19. The number of nitrogens with one attached hydrogen (secondary N) is 1. The molecule has 2 heteroatoms. The predicted molar refractivity (Wildman–Crippen MR) is 82.7 cm³/mol. The fourth-order valence-electron chi connectivity index (χ4n) is 2.58. The van der Waals surface area contributed by atoms with E-state index in [1.54, 1.807) is 0 Å². The van der Waals surface area contributed by atoms with E-state index < -0.39 is 0 Å². The van der Waals surface area contributed by atoms with Gasteiger partial charge in [-0.3, -0.25) is 0 Å². The summed E-state index contributed by atoms with van der Waals surface area (Å²) in [4.78, 5) is 0. The van der Waals surface area contributed by atoms with Crippen LogP contribution in [0.15, 0.2) is 18.2 Å². The first-order valence-electron chi connectivity index (χ1n) is 7.56. The Labute approximate surface area is 118 Å². The summed E-state index contributed by atoms with van der Waals surface area (Å²) in [5.41, 5.74) is 4.05. The van der Waals surface area contributed by atoms with Gasteiger partial charge in [0.05, 0.1) is 12.1 Å². The Morgan fingerprint density at radius 3 is 2.42 bits per heavy atom. The molecule has 0 saturated carbocycles. The molecule has 0 aliphatic heterocycles. The van der Waals surface area contributed by atoms with Crippen LogP contribution in [0.5, 0.6) is 0 Å². The molecule has 0 aliphatic rings. The van der Waals surface area contributed by atoms with E-state index in [0.29, 0.717) is 6.04 Å². The van der Waals surface area contributed by atoms with Crippen molar-refractivity contribution in [2.75, 3.05) is 13.2 Å². The molecule has 1 aromatic rings. The summed E-state index contributed by atoms with van der Waals surface area (Å²) in [6.07, 6.45) is 2.42. The van der Waals surface area contributed by atoms with Crippen LogP contribution in [0.25, 0.3) is 0 Å². The standard InChI is InChI=1S/C17H29NO/c1-6-11-18-17(16(7-2)19-8-3)15-10-9-13(4)12-14(15)5/h9-10,12,16-18H,6-8,11H2,1-5H3. The maximum Gasteiger partial charge on any atom is 0.0767 e. The topological polar surface area (TPSA) is 21.3 Å². The van der Waals surface area contributed by atoms with Crippen LogP contribution >= 0.6 is 0 Å². The quantitative estimate of drug-likeness (QED) is 0.760. The van der Waals surface area contributed by atoms with E-state index in [1.807, 2.05) is 0 Å². The van der Waals surface area contributed by atoms with Crippen LogP contribution in [-0.2, 0) is 4.74 Å². The highest BCUT2D eigenvalue weighted by atomic mass is 16.5. The average Bonchev–Trinajstić information content (AvgIpc) is 2.39. The van der Waals surface area contributed by atoms with E-state index in [2.05, 4.69) is 58.1 Å². The van der Waals surface area contributed by atoms with E-state index in [4.69, 9.17) is 4.74 Å². The van der Waals surface area contributed by atoms with Crippen LogP contribution in [0, 0.1) is 13.8 Å². The van der Waals surface area contributed by atoms with Gasteiger partial charge >= 0.3 is 0 Å². The van der Waals surface area contributed by atoms with Crippen LogP contribution in [0.4, 0.5) is 0 Å². The van der Waals surface area contributed by atoms with Crippen molar-refractivity contribution in [1.82, 2.24) is 5.32 Å². The maximum absolute atomic E-state index is 5.93. The Hall–Kier alpha value is -0.860. The number of rotatable bonds is 8. The molecule has 2 unspecified atom stereocenters. The van der Waals surface area contributed by atoms with Crippen LogP contribution in [-0.4, -0.2) is 19.3 Å². The first-order chi connectivity index (χ1) is 9.13. The van der Waals surface area contributed by atoms with Crippen molar-refractivity contribution in [3.8, 4) is 0 Å². The maximum atomic E-state index is 5.93. The molecule has 0 amide bonds. The first kappa shape index (κ1) is 16.2. The predicted octanol–water partition coefficient (Wildman–Crippen LogP) is 4.16. The third kappa shape index (κ3) is 4.63. The van der Waals surface area contributed by atoms with Gasteiger partial charge in [0.1, 0.15) is 0 Å². The van der Waals surface area contributed by atoms with Crippen molar-refractivity contribution in [3.05, 3.63) is 34.9 Å². The minimum absolute atomic E-state index is 0.248. The second-order valence-corrected chi connectivity index (χ2v) is 5.19. The zero-order chi connectivity index (χ0) is 14.3. The highest BCUT2D eigenvalue weighted by molar-refractivity contribution is 5.33. The molecule has 0 spiro atoms. The molecule has 0 aromatic heterocycles. The number of hydrogen-bond donors (Lipinski definition) is 1. The number of ether oxygens (including phenoxy) is 1. The average molecular weight is 263 g/mol. The largest absolute Gasteiger partial charge is 0.377 e. The van der Waals surface area contributed by atoms with Gasteiger partial charge in [-0.25, -0.2) is 0 Å². The Balaban J connectivity index is 2.99. The monoisotopic (exact) mass is 263 g/mol. The fraction of sp³-hybridized carbons (Fsp3) is 0.647. The summed E-state index contributed by atoms with van der Waals surface area (Å²) in [7, 11) is 0. The molecule has 2 atom stereocenters. The van der Waals surface area contributed by atoms with Gasteiger partial charge in [0.25, 0.3) is 0 Å². The lowest BCUT2D eigenvalue weighted by Crippen LogP contribution is -2.34. The van der Waals surface area contributed by atoms with Crippen LogP contribution < -0.4 is 5.32 Å². The van der Waals surface area contributed by atoms with Crippen LogP contribution in [0.3, 0.4) is 0 Å². The van der Waals surface area contributed by atoms with Gasteiger partial charge in [0.2, 0.25) is 0 Å². The van der Waals surface area contributed by atoms with E-state index in [0.717, 1.165) is 26.0 Å². The molecule has 1 rings (SSSR count). The van der Waals surface area contributed by atoms with E-state index in [9.17, 15) is 0 Å². The lowest BCUT2D eigenvalue weighted by atomic mass is 9.94. The van der Waals surface area contributed by atoms with E-state index in [1.165, 1.54) is 16.7 Å². The highest BCUT2D eigenvalue weighted by Crippen LogP contribution is 2.25. The second kappa shape index (κ2) is 8.34. The molecule has 0 bridgehead atoms. The summed E-state index contributed by atoms with van der Waals surface area (Å²) >= 11 is 0. The van der Waals surface area contributed by atoms with Crippen LogP contribution in [0.1, 0.15) is 56.3 Å². The minimum Gasteiger partial charge on any atom is -0.377 e. The fourth-order valence-corrected chi connectivity index (χ4v) is 2.58. The lowest BCUT2D eigenvalue weighted by molar-refractivity contribution is 0.0313. The van der Waals surface area contributed by atoms with Gasteiger partial charge in [-0.2, -0.15) is 0 Å². The van der Waals surface area contributed by atoms with E-state index in [-0.39, 0.29) is 6.10 Å². The summed E-state index contributed by atoms with van der Waals surface area (Å²) in [6.45, 7) is 12.6. The van der Waals surface area contributed by atoms with Crippen molar-refractivity contribution >= 4 is 0 Å². The Morgan fingerprint density at radius 1 is 1.16 bits per heavy atom. The smallest absolute Gasteiger partial charge is 0.0767 e. The zero-order valence-corrected chi connectivity index (χ0v) is 13.1. The van der Waals surface area contributed by atoms with Crippen molar-refractivity contribution < 1.29 is 4.74 Å².